The van der Waals surface area contributed by atoms with Gasteiger partial charge in [0.05, 0.1) is 6.10 Å². The molecule has 0 saturated heterocycles. The molecule has 5 atom stereocenters. The van der Waals surface area contributed by atoms with E-state index in [4.69, 9.17) is 5.73 Å². The van der Waals surface area contributed by atoms with Crippen molar-refractivity contribution in [3.63, 3.8) is 0 Å². The van der Waals surface area contributed by atoms with Gasteiger partial charge in [0.2, 0.25) is 0 Å². The van der Waals surface area contributed by atoms with Crippen molar-refractivity contribution in [2.75, 3.05) is 0 Å². The van der Waals surface area contributed by atoms with Gasteiger partial charge in [0.15, 0.2) is 0 Å². The summed E-state index contributed by atoms with van der Waals surface area (Å²) in [6, 6.07) is 0. The van der Waals surface area contributed by atoms with Crippen LogP contribution in [0.2, 0.25) is 0 Å². The number of nitrogens with two attached hydrogens (primary N) is 1. The molecule has 0 aromatic rings. The van der Waals surface area contributed by atoms with Crippen molar-refractivity contribution in [3.8, 4) is 0 Å². The Kier molecular flexibility index (Phi) is 1.58. The summed E-state index contributed by atoms with van der Waals surface area (Å²) in [7, 11) is 0. The summed E-state index contributed by atoms with van der Waals surface area (Å²) in [6.07, 6.45) is 6.97. The Morgan fingerprint density at radius 2 is 1.69 bits per heavy atom. The number of hydrogen-bond donors (Lipinski definition) is 2. The van der Waals surface area contributed by atoms with Crippen molar-refractivity contribution < 1.29 is 5.11 Å². The molecule has 2 heteroatoms. The van der Waals surface area contributed by atoms with E-state index in [0.717, 1.165) is 30.6 Å². The molecular weight excluding hydrogens is 162 g/mol. The van der Waals surface area contributed by atoms with Crippen molar-refractivity contribution >= 4 is 0 Å². The Bertz CT molecular complexity index is 226. The first-order chi connectivity index (χ1) is 6.15. The zero-order valence-corrected chi connectivity index (χ0v) is 8.08. The lowest BCUT2D eigenvalue weighted by atomic mass is 9.75. The average Bonchev–Trinajstić information content (AvgIpc) is 2.13. The number of aliphatic hydroxyl groups is 1. The van der Waals surface area contributed by atoms with Crippen LogP contribution < -0.4 is 5.73 Å². The Labute approximate surface area is 79.5 Å². The largest absolute Gasteiger partial charge is 0.393 e. The predicted molar refractivity (Wildman–Crippen MR) is 51.1 cm³/mol. The quantitative estimate of drug-likeness (QED) is 0.591. The van der Waals surface area contributed by atoms with Crippen LogP contribution >= 0.6 is 0 Å². The fourth-order valence-electron chi connectivity index (χ4n) is 4.28. The predicted octanol–water partition coefficient (Wildman–Crippen LogP) is 1.27. The lowest BCUT2D eigenvalue weighted by Crippen LogP contribution is -2.42. The van der Waals surface area contributed by atoms with Crippen molar-refractivity contribution in [1.29, 1.82) is 0 Å². The van der Waals surface area contributed by atoms with Gasteiger partial charge in [-0.15, -0.1) is 0 Å². The summed E-state index contributed by atoms with van der Waals surface area (Å²) in [4.78, 5) is 0. The molecule has 5 unspecified atom stereocenters. The number of fused-ring (bicyclic) bond motifs is 2. The normalized spacial score (nSPS) is 59.5. The SMILES string of the molecule is NC12CC3CC(O)CC(C1)C(C3)C2. The van der Waals surface area contributed by atoms with E-state index >= 15 is 0 Å². The van der Waals surface area contributed by atoms with Gasteiger partial charge in [-0.3, -0.25) is 0 Å². The molecular formula is C11H19NO. The molecule has 0 aromatic heterocycles. The van der Waals surface area contributed by atoms with Crippen LogP contribution in [0.15, 0.2) is 0 Å². The van der Waals surface area contributed by atoms with Crippen LogP contribution in [0.3, 0.4) is 0 Å². The third-order valence-electron chi connectivity index (χ3n) is 4.52. The van der Waals surface area contributed by atoms with Gasteiger partial charge in [-0.1, -0.05) is 0 Å². The molecule has 3 rings (SSSR count). The summed E-state index contributed by atoms with van der Waals surface area (Å²) in [6.45, 7) is 0. The molecule has 0 radical (unpaired) electrons. The van der Waals surface area contributed by atoms with Crippen LogP contribution in [0, 0.1) is 17.8 Å². The van der Waals surface area contributed by atoms with Gasteiger partial charge in [-0.2, -0.15) is 0 Å². The lowest BCUT2D eigenvalue weighted by molar-refractivity contribution is 0.106. The molecule has 0 heterocycles. The van der Waals surface area contributed by atoms with Gasteiger partial charge >= 0.3 is 0 Å². The summed E-state index contributed by atoms with van der Waals surface area (Å²) in [5.74, 6) is 2.32. The number of hydrogen-bond acceptors (Lipinski definition) is 2. The molecule has 3 aliphatic carbocycles. The Morgan fingerprint density at radius 1 is 1.00 bits per heavy atom. The fraction of sp³-hybridized carbons (Fsp3) is 1.00. The average molecular weight is 181 g/mol. The minimum Gasteiger partial charge on any atom is -0.393 e. The summed E-state index contributed by atoms with van der Waals surface area (Å²) in [5, 5.41) is 9.77. The van der Waals surface area contributed by atoms with Gasteiger partial charge in [0, 0.05) is 5.54 Å². The van der Waals surface area contributed by atoms with E-state index in [-0.39, 0.29) is 11.6 Å². The Balaban J connectivity index is 1.91. The maximum atomic E-state index is 9.77. The van der Waals surface area contributed by atoms with E-state index in [0.29, 0.717) is 0 Å². The molecule has 3 aliphatic rings. The first-order valence-electron chi connectivity index (χ1n) is 5.62. The maximum absolute atomic E-state index is 9.77. The second kappa shape index (κ2) is 2.48. The summed E-state index contributed by atoms with van der Waals surface area (Å²) < 4.78 is 0. The van der Waals surface area contributed by atoms with Crippen LogP contribution in [0.4, 0.5) is 0 Å². The van der Waals surface area contributed by atoms with Crippen molar-refractivity contribution in [2.24, 2.45) is 23.5 Å². The number of aliphatic hydroxyl groups excluding tert-OH is 1. The van der Waals surface area contributed by atoms with Crippen LogP contribution in [0.5, 0.6) is 0 Å². The zero-order valence-electron chi connectivity index (χ0n) is 8.08. The molecule has 0 aliphatic heterocycles. The topological polar surface area (TPSA) is 46.2 Å². The molecule has 2 nitrogen and oxygen atoms in total. The van der Waals surface area contributed by atoms with Crippen LogP contribution in [0.1, 0.15) is 38.5 Å². The highest BCUT2D eigenvalue weighted by Crippen LogP contribution is 2.54. The molecule has 3 fully saturated rings. The summed E-state index contributed by atoms with van der Waals surface area (Å²) in [5.41, 5.74) is 6.52. The second-order valence-electron chi connectivity index (χ2n) is 5.72. The van der Waals surface area contributed by atoms with E-state index in [1.807, 2.05) is 0 Å². The van der Waals surface area contributed by atoms with E-state index in [9.17, 15) is 5.11 Å². The molecule has 13 heavy (non-hydrogen) atoms. The molecule has 74 valence electrons. The highest BCUT2D eigenvalue weighted by Gasteiger charge is 2.50. The van der Waals surface area contributed by atoms with Crippen LogP contribution in [-0.4, -0.2) is 16.7 Å². The highest BCUT2D eigenvalue weighted by atomic mass is 16.3. The Morgan fingerprint density at radius 3 is 2.46 bits per heavy atom. The van der Waals surface area contributed by atoms with Gasteiger partial charge in [0.1, 0.15) is 0 Å². The van der Waals surface area contributed by atoms with Crippen molar-refractivity contribution in [2.45, 2.75) is 50.2 Å². The van der Waals surface area contributed by atoms with E-state index in [1.54, 1.807) is 0 Å². The Hall–Kier alpha value is -0.0800. The van der Waals surface area contributed by atoms with Gasteiger partial charge in [0.25, 0.3) is 0 Å². The molecule has 0 spiro atoms. The third-order valence-corrected chi connectivity index (χ3v) is 4.52. The van der Waals surface area contributed by atoms with E-state index in [1.165, 1.54) is 25.7 Å². The standard InChI is InChI=1S/C11H19NO/c12-11-4-7-1-8(5-11)9(6-11)3-10(13)2-7/h7-10,13H,1-6,12H2. The highest BCUT2D eigenvalue weighted by molar-refractivity contribution is 5.05. The first kappa shape index (κ1) is 8.25. The molecule has 3 saturated carbocycles. The fourth-order valence-corrected chi connectivity index (χ4v) is 4.28. The summed E-state index contributed by atoms with van der Waals surface area (Å²) >= 11 is 0. The van der Waals surface area contributed by atoms with Crippen molar-refractivity contribution in [3.05, 3.63) is 0 Å². The van der Waals surface area contributed by atoms with E-state index in [2.05, 4.69) is 0 Å². The minimum absolute atomic E-state index is 0.0253. The van der Waals surface area contributed by atoms with Crippen LogP contribution in [-0.2, 0) is 0 Å². The minimum atomic E-state index is -0.0253. The molecule has 3 N–H and O–H groups in total. The van der Waals surface area contributed by atoms with Gasteiger partial charge in [-0.25, -0.2) is 0 Å². The van der Waals surface area contributed by atoms with E-state index < -0.39 is 0 Å². The number of rotatable bonds is 0. The first-order valence-corrected chi connectivity index (χ1v) is 5.62. The second-order valence-corrected chi connectivity index (χ2v) is 5.72. The van der Waals surface area contributed by atoms with Crippen molar-refractivity contribution in [1.82, 2.24) is 0 Å². The van der Waals surface area contributed by atoms with Crippen LogP contribution in [0.25, 0.3) is 0 Å². The molecule has 0 amide bonds. The van der Waals surface area contributed by atoms with Gasteiger partial charge < -0.3 is 10.8 Å². The smallest absolute Gasteiger partial charge is 0.0545 e. The molecule has 0 aromatic carbocycles. The lowest BCUT2D eigenvalue weighted by Gasteiger charge is -2.35. The third kappa shape index (κ3) is 1.23. The molecule has 3 bridgehead atoms. The monoisotopic (exact) mass is 181 g/mol. The van der Waals surface area contributed by atoms with Gasteiger partial charge in [-0.05, 0) is 56.3 Å². The maximum Gasteiger partial charge on any atom is 0.0545 e. The zero-order chi connectivity index (χ0) is 9.05.